The third-order valence-corrected chi connectivity index (χ3v) is 7.28. The molecule has 0 aromatic heterocycles. The zero-order valence-electron chi connectivity index (χ0n) is 17.8. The number of rotatable bonds is 5. The summed E-state index contributed by atoms with van der Waals surface area (Å²) in [6.45, 7) is 0.467. The fourth-order valence-electron chi connectivity index (χ4n) is 3.56. The van der Waals surface area contributed by atoms with Crippen LogP contribution >= 0.6 is 43.6 Å². The van der Waals surface area contributed by atoms with E-state index >= 15 is 0 Å². The maximum Gasteiger partial charge on any atom is 0.264 e. The van der Waals surface area contributed by atoms with Gasteiger partial charge in [-0.25, -0.2) is 4.99 Å². The van der Waals surface area contributed by atoms with Crippen LogP contribution in [0.4, 0.5) is 5.69 Å². The molecular formula is C27H18Br2N2O2S. The van der Waals surface area contributed by atoms with Crippen LogP contribution in [0.1, 0.15) is 11.1 Å². The number of thioether (sulfide) groups is 1. The highest BCUT2D eigenvalue weighted by molar-refractivity contribution is 9.10. The minimum atomic E-state index is -0.159. The lowest BCUT2D eigenvalue weighted by atomic mass is 10.1. The fraction of sp³-hybridized carbons (Fsp3) is 0.0370. The number of carbonyl (C=O) groups is 1. The maximum absolute atomic E-state index is 12.4. The number of nitrogens with one attached hydrogen (secondary N) is 1. The molecule has 4 aromatic carbocycles. The van der Waals surface area contributed by atoms with Crippen molar-refractivity contribution in [2.75, 3.05) is 0 Å². The Morgan fingerprint density at radius 3 is 2.56 bits per heavy atom. The summed E-state index contributed by atoms with van der Waals surface area (Å²) in [6.07, 6.45) is 1.85. The molecule has 0 saturated carbocycles. The molecule has 168 valence electrons. The standard InChI is InChI=1S/C27H18Br2N2O2S/c28-20-9-11-21(12-10-20)30-27-31-26(32)25(34-27)15-17-8-13-24(23(29)14-17)33-16-19-6-3-5-18-4-1-2-7-22(18)19/h1-15H,16H2,(H,30,31,32)/b25-15+. The maximum atomic E-state index is 12.4. The summed E-state index contributed by atoms with van der Waals surface area (Å²) in [5.74, 6) is 0.587. The Hall–Kier alpha value is -2.87. The fourth-order valence-corrected chi connectivity index (χ4v) is 5.18. The summed E-state index contributed by atoms with van der Waals surface area (Å²) in [6, 6.07) is 27.9. The summed E-state index contributed by atoms with van der Waals surface area (Å²) in [5.41, 5.74) is 2.81. The number of nitrogens with zero attached hydrogens (tertiary/aromatic N) is 1. The van der Waals surface area contributed by atoms with Gasteiger partial charge in [0.2, 0.25) is 0 Å². The smallest absolute Gasteiger partial charge is 0.264 e. The molecule has 5 rings (SSSR count). The molecule has 1 saturated heterocycles. The lowest BCUT2D eigenvalue weighted by Crippen LogP contribution is -2.19. The van der Waals surface area contributed by atoms with E-state index in [-0.39, 0.29) is 5.91 Å². The molecule has 1 aliphatic heterocycles. The first-order valence-electron chi connectivity index (χ1n) is 10.5. The van der Waals surface area contributed by atoms with Crippen molar-refractivity contribution in [2.45, 2.75) is 6.61 Å². The van der Waals surface area contributed by atoms with Gasteiger partial charge in [-0.15, -0.1) is 0 Å². The number of ether oxygens (including phenoxy) is 1. The van der Waals surface area contributed by atoms with Crippen LogP contribution in [-0.2, 0) is 11.4 Å². The lowest BCUT2D eigenvalue weighted by Gasteiger charge is -2.11. The van der Waals surface area contributed by atoms with Gasteiger partial charge in [-0.2, -0.15) is 0 Å². The summed E-state index contributed by atoms with van der Waals surface area (Å²) in [4.78, 5) is 17.5. The molecule has 34 heavy (non-hydrogen) atoms. The van der Waals surface area contributed by atoms with E-state index in [1.807, 2.05) is 66.7 Å². The van der Waals surface area contributed by atoms with Crippen LogP contribution in [-0.4, -0.2) is 11.1 Å². The second-order valence-electron chi connectivity index (χ2n) is 7.57. The Morgan fingerprint density at radius 2 is 1.74 bits per heavy atom. The molecule has 0 spiro atoms. The number of aliphatic imine (C=N–C) groups is 1. The number of fused-ring (bicyclic) bond motifs is 1. The number of carbonyl (C=O) groups excluding carboxylic acids is 1. The number of hydrogen-bond donors (Lipinski definition) is 1. The quantitative estimate of drug-likeness (QED) is 0.240. The first kappa shape index (κ1) is 22.9. The highest BCUT2D eigenvalue weighted by Gasteiger charge is 2.23. The van der Waals surface area contributed by atoms with Crippen molar-refractivity contribution in [3.8, 4) is 5.75 Å². The average molecular weight is 594 g/mol. The molecule has 0 radical (unpaired) electrons. The van der Waals surface area contributed by atoms with Crippen molar-refractivity contribution in [3.63, 3.8) is 0 Å². The Labute approximate surface area is 218 Å². The van der Waals surface area contributed by atoms with Crippen LogP contribution in [0.25, 0.3) is 16.8 Å². The van der Waals surface area contributed by atoms with Crippen LogP contribution in [0.5, 0.6) is 5.75 Å². The summed E-state index contributed by atoms with van der Waals surface area (Å²) in [5, 5.41) is 5.77. The molecule has 0 unspecified atom stereocenters. The molecule has 0 atom stereocenters. The van der Waals surface area contributed by atoms with Gasteiger partial charge in [-0.3, -0.25) is 4.79 Å². The Kier molecular flexibility index (Phi) is 6.85. The summed E-state index contributed by atoms with van der Waals surface area (Å²) in [7, 11) is 0. The predicted molar refractivity (Wildman–Crippen MR) is 147 cm³/mol. The summed E-state index contributed by atoms with van der Waals surface area (Å²) < 4.78 is 7.90. The SMILES string of the molecule is O=C1NC(=Nc2ccc(Br)cc2)S/C1=C/c1ccc(OCc2cccc3ccccc23)c(Br)c1. The molecule has 0 bridgehead atoms. The van der Waals surface area contributed by atoms with Crippen molar-refractivity contribution in [1.29, 1.82) is 0 Å². The van der Waals surface area contributed by atoms with E-state index in [0.717, 1.165) is 31.5 Å². The number of amides is 1. The molecule has 4 aromatic rings. The highest BCUT2D eigenvalue weighted by Crippen LogP contribution is 2.32. The Bertz CT molecular complexity index is 1440. The minimum absolute atomic E-state index is 0.159. The molecule has 1 fully saturated rings. The normalized spacial score (nSPS) is 15.8. The Balaban J connectivity index is 1.29. The number of amidine groups is 1. The topological polar surface area (TPSA) is 50.7 Å². The lowest BCUT2D eigenvalue weighted by molar-refractivity contribution is -0.115. The van der Waals surface area contributed by atoms with Crippen LogP contribution in [0.2, 0.25) is 0 Å². The third kappa shape index (κ3) is 5.27. The van der Waals surface area contributed by atoms with E-state index in [0.29, 0.717) is 16.7 Å². The van der Waals surface area contributed by atoms with Crippen molar-refractivity contribution in [2.24, 2.45) is 4.99 Å². The van der Waals surface area contributed by atoms with Crippen molar-refractivity contribution in [1.82, 2.24) is 5.32 Å². The summed E-state index contributed by atoms with van der Waals surface area (Å²) >= 11 is 8.34. The van der Waals surface area contributed by atoms with Crippen LogP contribution in [0.3, 0.4) is 0 Å². The minimum Gasteiger partial charge on any atom is -0.488 e. The van der Waals surface area contributed by atoms with Crippen LogP contribution < -0.4 is 10.1 Å². The monoisotopic (exact) mass is 592 g/mol. The van der Waals surface area contributed by atoms with Crippen LogP contribution in [0.15, 0.2) is 104 Å². The molecule has 4 nitrogen and oxygen atoms in total. The van der Waals surface area contributed by atoms with Gasteiger partial charge in [0.25, 0.3) is 5.91 Å². The molecule has 1 heterocycles. The van der Waals surface area contributed by atoms with Gasteiger partial charge in [-0.05, 0) is 92.1 Å². The molecule has 7 heteroatoms. The number of hydrogen-bond acceptors (Lipinski definition) is 4. The van der Waals surface area contributed by atoms with E-state index in [1.54, 1.807) is 0 Å². The van der Waals surface area contributed by atoms with Gasteiger partial charge >= 0.3 is 0 Å². The largest absolute Gasteiger partial charge is 0.488 e. The first-order chi connectivity index (χ1) is 16.5. The van der Waals surface area contributed by atoms with E-state index in [4.69, 9.17) is 4.74 Å². The number of halogens is 2. The molecule has 0 aliphatic carbocycles. The zero-order chi connectivity index (χ0) is 23.5. The third-order valence-electron chi connectivity index (χ3n) is 5.22. The van der Waals surface area contributed by atoms with E-state index in [2.05, 4.69) is 66.4 Å². The zero-order valence-corrected chi connectivity index (χ0v) is 21.8. The van der Waals surface area contributed by atoms with Gasteiger partial charge in [0.15, 0.2) is 5.17 Å². The molecule has 1 N–H and O–H groups in total. The van der Waals surface area contributed by atoms with E-state index in [9.17, 15) is 4.79 Å². The van der Waals surface area contributed by atoms with Gasteiger partial charge in [0, 0.05) is 4.47 Å². The van der Waals surface area contributed by atoms with Gasteiger partial charge in [0.1, 0.15) is 12.4 Å². The molecule has 1 amide bonds. The Morgan fingerprint density at radius 1 is 0.941 bits per heavy atom. The molecular weight excluding hydrogens is 576 g/mol. The van der Waals surface area contributed by atoms with Crippen molar-refractivity contribution in [3.05, 3.63) is 110 Å². The van der Waals surface area contributed by atoms with Gasteiger partial charge in [0.05, 0.1) is 15.1 Å². The van der Waals surface area contributed by atoms with E-state index in [1.165, 1.54) is 22.5 Å². The number of benzene rings is 4. The second kappa shape index (κ2) is 10.2. The molecule has 1 aliphatic rings. The first-order valence-corrected chi connectivity index (χ1v) is 12.9. The van der Waals surface area contributed by atoms with E-state index < -0.39 is 0 Å². The van der Waals surface area contributed by atoms with Gasteiger partial charge < -0.3 is 10.1 Å². The second-order valence-corrected chi connectivity index (χ2v) is 10.4. The van der Waals surface area contributed by atoms with Crippen molar-refractivity contribution >= 4 is 77.2 Å². The highest BCUT2D eigenvalue weighted by atomic mass is 79.9. The van der Waals surface area contributed by atoms with Crippen molar-refractivity contribution < 1.29 is 9.53 Å². The predicted octanol–water partition coefficient (Wildman–Crippen LogP) is 7.84. The van der Waals surface area contributed by atoms with Crippen LogP contribution in [0, 0.1) is 0 Å². The average Bonchev–Trinajstić information content (AvgIpc) is 3.18. The van der Waals surface area contributed by atoms with Gasteiger partial charge in [-0.1, -0.05) is 64.5 Å².